The van der Waals surface area contributed by atoms with Crippen LogP contribution in [0.25, 0.3) is 0 Å². The molecule has 0 saturated carbocycles. The molecule has 94 valence electrons. The van der Waals surface area contributed by atoms with Gasteiger partial charge in [0.25, 0.3) is 0 Å². The number of piperidine rings is 1. The Morgan fingerprint density at radius 3 is 2.78 bits per heavy atom. The van der Waals surface area contributed by atoms with Crippen molar-refractivity contribution in [2.24, 2.45) is 11.8 Å². The van der Waals surface area contributed by atoms with Gasteiger partial charge in [0.1, 0.15) is 0 Å². The summed E-state index contributed by atoms with van der Waals surface area (Å²) in [4.78, 5) is 14.8. The summed E-state index contributed by atoms with van der Waals surface area (Å²) in [7, 11) is 2.17. The Balaban J connectivity index is 1.83. The van der Waals surface area contributed by atoms with Crippen molar-refractivity contribution < 1.29 is 9.37 Å². The maximum absolute atomic E-state index is 12.4. The van der Waals surface area contributed by atoms with E-state index in [0.29, 0.717) is 11.8 Å². The molecule has 1 saturated heterocycles. The molecule has 2 atom stereocenters. The number of likely N-dealkylation sites (tertiary alicyclic amines) is 1. The number of amides is 1. The van der Waals surface area contributed by atoms with Crippen LogP contribution in [0.4, 0.5) is 0 Å². The fourth-order valence-electron chi connectivity index (χ4n) is 3.22. The maximum Gasteiger partial charge on any atom is 0.419 e. The molecule has 0 unspecified atom stereocenters. The first-order valence-corrected chi connectivity index (χ1v) is 6.62. The van der Waals surface area contributed by atoms with Gasteiger partial charge in [0.15, 0.2) is 12.8 Å². The number of carbonyl (C=O) groups is 1. The Hall–Kier alpha value is -1.48. The summed E-state index contributed by atoms with van der Waals surface area (Å²) in [6.07, 6.45) is 3.38. The second kappa shape index (κ2) is 4.65. The second-order valence-electron chi connectivity index (χ2n) is 5.56. The summed E-state index contributed by atoms with van der Waals surface area (Å²) in [5.41, 5.74) is 0.794. The van der Waals surface area contributed by atoms with Crippen molar-refractivity contribution in [3.05, 3.63) is 35.9 Å². The van der Waals surface area contributed by atoms with Gasteiger partial charge in [-0.3, -0.25) is 0 Å². The Bertz CT molecular complexity index is 481. The summed E-state index contributed by atoms with van der Waals surface area (Å²) in [5, 5.41) is 0. The zero-order chi connectivity index (χ0) is 12.5. The largest absolute Gasteiger partial charge is 0.419 e. The molecule has 0 radical (unpaired) electrons. The van der Waals surface area contributed by atoms with Gasteiger partial charge in [-0.05, 0) is 25.6 Å². The van der Waals surface area contributed by atoms with Gasteiger partial charge in [-0.25, -0.2) is 4.79 Å². The van der Waals surface area contributed by atoms with Crippen LogP contribution in [-0.2, 0) is 0 Å². The van der Waals surface area contributed by atoms with Crippen LogP contribution >= 0.6 is 0 Å². The lowest BCUT2D eigenvalue weighted by Crippen LogP contribution is -2.47. The summed E-state index contributed by atoms with van der Waals surface area (Å²) < 4.78 is 1.93. The van der Waals surface area contributed by atoms with Crippen LogP contribution in [0.2, 0.25) is 0 Å². The van der Waals surface area contributed by atoms with Crippen molar-refractivity contribution in [1.29, 1.82) is 0 Å². The first-order valence-electron chi connectivity index (χ1n) is 6.62. The predicted octanol–water partition coefficient (Wildman–Crippen LogP) is 1.49. The standard InChI is InChI=1S/C15H19N2O/c1-16-8-12-7-13(9-16)11-17(10-12)15(18)14-5-3-2-4-6-14/h2-6,10,12-13H,7-9,11H2,1H3/q+1/t12-,13+/m0/s1. The molecule has 0 N–H and O–H groups in total. The third-order valence-electron chi connectivity index (χ3n) is 3.88. The molecule has 18 heavy (non-hydrogen) atoms. The Labute approximate surface area is 108 Å². The molecule has 2 aliphatic heterocycles. The molecule has 1 aromatic carbocycles. The van der Waals surface area contributed by atoms with Crippen LogP contribution < -0.4 is 0 Å². The zero-order valence-corrected chi connectivity index (χ0v) is 10.7. The van der Waals surface area contributed by atoms with Gasteiger partial charge in [-0.1, -0.05) is 18.2 Å². The number of fused-ring (bicyclic) bond motifs is 2. The number of carbonyl (C=O) groups excluding carboxylic acids is 1. The number of hydrogen-bond donors (Lipinski definition) is 0. The van der Waals surface area contributed by atoms with E-state index in [2.05, 4.69) is 18.2 Å². The summed E-state index contributed by atoms with van der Waals surface area (Å²) >= 11 is 0. The van der Waals surface area contributed by atoms with E-state index in [1.165, 1.54) is 6.42 Å². The lowest BCUT2D eigenvalue weighted by Gasteiger charge is -2.34. The monoisotopic (exact) mass is 243 g/mol. The number of nitrogens with zero attached hydrogens (tertiary/aromatic N) is 2. The highest BCUT2D eigenvalue weighted by Gasteiger charge is 2.36. The first-order chi connectivity index (χ1) is 8.72. The predicted molar refractivity (Wildman–Crippen MR) is 71.1 cm³/mol. The summed E-state index contributed by atoms with van der Waals surface area (Å²) in [5.74, 6) is 1.32. The van der Waals surface area contributed by atoms with E-state index in [1.54, 1.807) is 0 Å². The minimum absolute atomic E-state index is 0.148. The quantitative estimate of drug-likeness (QED) is 0.698. The number of benzene rings is 1. The van der Waals surface area contributed by atoms with Crippen molar-refractivity contribution in [3.8, 4) is 0 Å². The molecule has 2 aliphatic rings. The third-order valence-corrected chi connectivity index (χ3v) is 3.88. The van der Waals surface area contributed by atoms with E-state index < -0.39 is 0 Å². The van der Waals surface area contributed by atoms with Crippen molar-refractivity contribution in [3.63, 3.8) is 0 Å². The molecule has 3 rings (SSSR count). The van der Waals surface area contributed by atoms with E-state index in [-0.39, 0.29) is 5.91 Å². The van der Waals surface area contributed by atoms with Crippen LogP contribution in [0.5, 0.6) is 0 Å². The molecule has 1 aromatic rings. The lowest BCUT2D eigenvalue weighted by molar-refractivity contribution is -0.444. The fourth-order valence-corrected chi connectivity index (χ4v) is 3.22. The molecule has 3 nitrogen and oxygen atoms in total. The first kappa shape index (κ1) is 11.6. The molecule has 0 aliphatic carbocycles. The summed E-state index contributed by atoms with van der Waals surface area (Å²) in [6, 6.07) is 9.58. The highest BCUT2D eigenvalue weighted by atomic mass is 16.2. The molecular formula is C15H19N2O+. The average Bonchev–Trinajstić information content (AvgIpc) is 2.37. The SMILES string of the molecule is CN1C[C@H]2C=[N+](C(=O)c3ccccc3)C[C@H](C2)C1. The van der Waals surface area contributed by atoms with Crippen LogP contribution in [0.15, 0.2) is 30.3 Å². The third kappa shape index (κ3) is 2.23. The normalized spacial score (nSPS) is 27.7. The Morgan fingerprint density at radius 1 is 1.28 bits per heavy atom. The van der Waals surface area contributed by atoms with Crippen molar-refractivity contribution in [2.45, 2.75) is 6.42 Å². The van der Waals surface area contributed by atoms with Crippen LogP contribution in [0.3, 0.4) is 0 Å². The van der Waals surface area contributed by atoms with Gasteiger partial charge in [0.05, 0.1) is 5.56 Å². The molecule has 1 fully saturated rings. The number of rotatable bonds is 1. The van der Waals surface area contributed by atoms with E-state index in [4.69, 9.17) is 0 Å². The lowest BCUT2D eigenvalue weighted by atomic mass is 9.87. The Morgan fingerprint density at radius 2 is 2.06 bits per heavy atom. The van der Waals surface area contributed by atoms with Crippen molar-refractivity contribution in [1.82, 2.24) is 4.90 Å². The average molecular weight is 243 g/mol. The van der Waals surface area contributed by atoms with Crippen molar-refractivity contribution >= 4 is 12.1 Å². The van der Waals surface area contributed by atoms with Gasteiger partial charge in [0, 0.05) is 24.9 Å². The van der Waals surface area contributed by atoms with Crippen LogP contribution in [0, 0.1) is 11.8 Å². The molecular weight excluding hydrogens is 224 g/mol. The van der Waals surface area contributed by atoms with E-state index in [9.17, 15) is 4.79 Å². The minimum Gasteiger partial charge on any atom is -0.305 e. The smallest absolute Gasteiger partial charge is 0.305 e. The van der Waals surface area contributed by atoms with Crippen LogP contribution in [0.1, 0.15) is 16.8 Å². The van der Waals surface area contributed by atoms with Crippen LogP contribution in [-0.4, -0.2) is 48.3 Å². The highest BCUT2D eigenvalue weighted by molar-refractivity contribution is 5.90. The molecule has 2 bridgehead atoms. The maximum atomic E-state index is 12.4. The molecule has 2 heterocycles. The van der Waals surface area contributed by atoms with Gasteiger partial charge >= 0.3 is 5.91 Å². The molecule has 1 amide bonds. The van der Waals surface area contributed by atoms with Gasteiger partial charge in [0.2, 0.25) is 0 Å². The molecule has 3 heteroatoms. The van der Waals surface area contributed by atoms with Gasteiger partial charge < -0.3 is 4.90 Å². The fraction of sp³-hybridized carbons (Fsp3) is 0.467. The van der Waals surface area contributed by atoms with E-state index in [1.807, 2.05) is 34.9 Å². The second-order valence-corrected chi connectivity index (χ2v) is 5.56. The van der Waals surface area contributed by atoms with Gasteiger partial charge in [-0.2, -0.15) is 4.58 Å². The van der Waals surface area contributed by atoms with Crippen molar-refractivity contribution in [2.75, 3.05) is 26.7 Å². The molecule has 0 spiro atoms. The topological polar surface area (TPSA) is 23.3 Å². The van der Waals surface area contributed by atoms with E-state index in [0.717, 1.165) is 25.2 Å². The van der Waals surface area contributed by atoms with E-state index >= 15 is 0 Å². The molecule has 0 aromatic heterocycles. The minimum atomic E-state index is 0.148. The number of hydrogen-bond acceptors (Lipinski definition) is 2. The zero-order valence-electron chi connectivity index (χ0n) is 10.7. The Kier molecular flexibility index (Phi) is 3.00. The van der Waals surface area contributed by atoms with Gasteiger partial charge in [-0.15, -0.1) is 0 Å². The summed E-state index contributed by atoms with van der Waals surface area (Å²) in [6.45, 7) is 3.06. The highest BCUT2D eigenvalue weighted by Crippen LogP contribution is 2.24.